The summed E-state index contributed by atoms with van der Waals surface area (Å²) in [5.74, 6) is -0.128. The fourth-order valence-corrected chi connectivity index (χ4v) is 3.07. The lowest BCUT2D eigenvalue weighted by atomic mass is 9.90. The molecule has 0 bridgehead atoms. The molecule has 1 aromatic rings. The Hall–Kier alpha value is 0.0500. The summed E-state index contributed by atoms with van der Waals surface area (Å²) < 4.78 is 0. The van der Waals surface area contributed by atoms with Gasteiger partial charge in [0.15, 0.2) is 5.78 Å². The third kappa shape index (κ3) is 4.01. The predicted molar refractivity (Wildman–Crippen MR) is 84.1 cm³/mol. The molecule has 0 saturated carbocycles. The molecule has 0 heterocycles. The van der Waals surface area contributed by atoms with Crippen molar-refractivity contribution in [3.8, 4) is 0 Å². The van der Waals surface area contributed by atoms with Gasteiger partial charge in [-0.15, -0.1) is 0 Å². The van der Waals surface area contributed by atoms with E-state index in [-0.39, 0.29) is 31.8 Å². The average Bonchev–Trinajstić information content (AvgIpc) is 2.37. The molecule has 1 aromatic carbocycles. The maximum absolute atomic E-state index is 12.5. The molecule has 0 aliphatic carbocycles. The summed E-state index contributed by atoms with van der Waals surface area (Å²) in [6.45, 7) is 4.08. The molecule has 0 amide bonds. The van der Waals surface area contributed by atoms with Gasteiger partial charge in [0.25, 0.3) is 0 Å². The third-order valence-electron chi connectivity index (χ3n) is 3.13. The van der Waals surface area contributed by atoms with E-state index < -0.39 is 0 Å². The minimum absolute atomic E-state index is 0.0514. The number of unbranched alkanes of at least 4 members (excludes halogenated alkanes) is 1. The normalized spacial score (nSPS) is 12.5. The van der Waals surface area contributed by atoms with E-state index in [9.17, 15) is 4.79 Å². The van der Waals surface area contributed by atoms with Gasteiger partial charge in [-0.05, 0) is 18.9 Å². The number of carbonyl (C=O) groups excluding carboxylic acids is 1. The zero-order chi connectivity index (χ0) is 14.6. The van der Waals surface area contributed by atoms with E-state index in [2.05, 4.69) is 6.92 Å². The van der Waals surface area contributed by atoms with Crippen LogP contribution in [-0.4, -0.2) is 5.78 Å². The lowest BCUT2D eigenvalue weighted by molar-refractivity contribution is 0.0908. The summed E-state index contributed by atoms with van der Waals surface area (Å²) in [6, 6.07) is 1.47. The van der Waals surface area contributed by atoms with Crippen LogP contribution in [0.5, 0.6) is 0 Å². The number of hydrogen-bond donors (Lipinski definition) is 0. The van der Waals surface area contributed by atoms with Crippen LogP contribution in [0.2, 0.25) is 20.1 Å². The zero-order valence-electron chi connectivity index (χ0n) is 10.9. The van der Waals surface area contributed by atoms with Gasteiger partial charge >= 0.3 is 0 Å². The Kier molecular flexibility index (Phi) is 6.96. The first kappa shape index (κ1) is 17.1. The Labute approximate surface area is 134 Å². The molecule has 0 N–H and O–H groups in total. The van der Waals surface area contributed by atoms with Gasteiger partial charge in [-0.25, -0.2) is 0 Å². The summed E-state index contributed by atoms with van der Waals surface area (Å²) in [5, 5.41) is 0.856. The van der Waals surface area contributed by atoms with E-state index in [1.54, 1.807) is 0 Å². The van der Waals surface area contributed by atoms with Crippen molar-refractivity contribution in [3.05, 3.63) is 31.7 Å². The van der Waals surface area contributed by atoms with Gasteiger partial charge in [0.2, 0.25) is 0 Å². The van der Waals surface area contributed by atoms with Crippen molar-refractivity contribution in [2.45, 2.75) is 39.5 Å². The van der Waals surface area contributed by atoms with Crippen molar-refractivity contribution < 1.29 is 4.79 Å². The fourth-order valence-electron chi connectivity index (χ4n) is 1.97. The van der Waals surface area contributed by atoms with Crippen molar-refractivity contribution >= 4 is 52.2 Å². The van der Waals surface area contributed by atoms with Crippen molar-refractivity contribution in [3.63, 3.8) is 0 Å². The first-order valence-electron chi connectivity index (χ1n) is 6.31. The van der Waals surface area contributed by atoms with E-state index in [1.165, 1.54) is 6.07 Å². The molecule has 1 unspecified atom stereocenters. The van der Waals surface area contributed by atoms with Gasteiger partial charge in [-0.3, -0.25) is 4.79 Å². The highest BCUT2D eigenvalue weighted by atomic mass is 35.5. The van der Waals surface area contributed by atoms with Gasteiger partial charge in [0, 0.05) is 5.92 Å². The van der Waals surface area contributed by atoms with E-state index in [0.29, 0.717) is 5.56 Å². The molecule has 5 heteroatoms. The Morgan fingerprint density at radius 3 is 2.26 bits per heavy atom. The molecule has 0 aliphatic rings. The lowest BCUT2D eigenvalue weighted by Gasteiger charge is -2.16. The number of hydrogen-bond acceptors (Lipinski definition) is 1. The Morgan fingerprint density at radius 1 is 1.11 bits per heavy atom. The van der Waals surface area contributed by atoms with Gasteiger partial charge in [0.1, 0.15) is 0 Å². The van der Waals surface area contributed by atoms with Gasteiger partial charge in [-0.1, -0.05) is 73.1 Å². The van der Waals surface area contributed by atoms with Crippen LogP contribution in [0.1, 0.15) is 49.9 Å². The van der Waals surface area contributed by atoms with Crippen LogP contribution in [0.3, 0.4) is 0 Å². The van der Waals surface area contributed by atoms with Crippen molar-refractivity contribution in [2.24, 2.45) is 5.92 Å². The SMILES string of the molecule is CCCCC(CC)C(=O)c1c(Cl)cc(Cl)c(Cl)c1Cl. The summed E-state index contributed by atoms with van der Waals surface area (Å²) in [7, 11) is 0. The molecule has 0 saturated heterocycles. The molecule has 106 valence electrons. The number of carbonyl (C=O) groups is 1. The summed E-state index contributed by atoms with van der Waals surface area (Å²) >= 11 is 24.1. The Morgan fingerprint density at radius 2 is 1.74 bits per heavy atom. The van der Waals surface area contributed by atoms with Crippen LogP contribution >= 0.6 is 46.4 Å². The molecular weight excluding hydrogens is 326 g/mol. The van der Waals surface area contributed by atoms with Gasteiger partial charge < -0.3 is 0 Å². The highest BCUT2D eigenvalue weighted by Gasteiger charge is 2.25. The van der Waals surface area contributed by atoms with Crippen molar-refractivity contribution in [2.75, 3.05) is 0 Å². The Bertz CT molecular complexity index is 471. The van der Waals surface area contributed by atoms with Crippen LogP contribution in [0, 0.1) is 5.92 Å². The van der Waals surface area contributed by atoms with Gasteiger partial charge in [-0.2, -0.15) is 0 Å². The Balaban J connectivity index is 3.14. The molecule has 0 spiro atoms. The molecule has 1 atom stereocenters. The predicted octanol–water partition coefficient (Wildman–Crippen LogP) is 6.70. The van der Waals surface area contributed by atoms with Crippen LogP contribution in [0.15, 0.2) is 6.07 Å². The summed E-state index contributed by atoms with van der Waals surface area (Å²) in [5.41, 5.74) is 0.292. The molecule has 0 aromatic heterocycles. The van der Waals surface area contributed by atoms with Crippen LogP contribution in [0.25, 0.3) is 0 Å². The summed E-state index contributed by atoms with van der Waals surface area (Å²) in [6.07, 6.45) is 3.64. The zero-order valence-corrected chi connectivity index (χ0v) is 13.9. The minimum atomic E-state index is -0.0767. The van der Waals surface area contributed by atoms with Crippen molar-refractivity contribution in [1.82, 2.24) is 0 Å². The molecule has 19 heavy (non-hydrogen) atoms. The molecule has 0 fully saturated rings. The molecule has 0 aliphatic heterocycles. The largest absolute Gasteiger partial charge is 0.294 e. The molecule has 0 radical (unpaired) electrons. The number of rotatable bonds is 6. The minimum Gasteiger partial charge on any atom is -0.294 e. The van der Waals surface area contributed by atoms with E-state index >= 15 is 0 Å². The number of benzene rings is 1. The second-order valence-electron chi connectivity index (χ2n) is 4.45. The van der Waals surface area contributed by atoms with E-state index in [4.69, 9.17) is 46.4 Å². The second-order valence-corrected chi connectivity index (χ2v) is 6.03. The smallest absolute Gasteiger partial charge is 0.168 e. The molecular formula is C14H16Cl4O. The highest BCUT2D eigenvalue weighted by Crippen LogP contribution is 2.39. The van der Waals surface area contributed by atoms with E-state index in [1.807, 2.05) is 6.92 Å². The first-order valence-corrected chi connectivity index (χ1v) is 7.82. The highest BCUT2D eigenvalue weighted by molar-refractivity contribution is 6.51. The lowest BCUT2D eigenvalue weighted by Crippen LogP contribution is -2.15. The number of Topliss-reactive ketones (excluding diaryl/α,β-unsaturated/α-hetero) is 1. The van der Waals surface area contributed by atoms with Crippen LogP contribution in [-0.2, 0) is 0 Å². The quantitative estimate of drug-likeness (QED) is 0.319. The van der Waals surface area contributed by atoms with Crippen molar-refractivity contribution in [1.29, 1.82) is 0 Å². The number of ketones is 1. The van der Waals surface area contributed by atoms with Crippen LogP contribution in [0.4, 0.5) is 0 Å². The fraction of sp³-hybridized carbons (Fsp3) is 0.500. The van der Waals surface area contributed by atoms with E-state index in [0.717, 1.165) is 25.7 Å². The maximum atomic E-state index is 12.5. The third-order valence-corrected chi connectivity index (χ3v) is 4.69. The maximum Gasteiger partial charge on any atom is 0.168 e. The topological polar surface area (TPSA) is 17.1 Å². The van der Waals surface area contributed by atoms with Gasteiger partial charge in [0.05, 0.1) is 25.7 Å². The summed E-state index contributed by atoms with van der Waals surface area (Å²) in [4.78, 5) is 12.5. The van der Waals surface area contributed by atoms with Crippen LogP contribution < -0.4 is 0 Å². The monoisotopic (exact) mass is 340 g/mol. The standard InChI is InChI=1S/C14H16Cl4O/c1-3-5-6-8(4-2)14(19)11-9(15)7-10(16)12(17)13(11)18/h7-8H,3-6H2,1-2H3. The second kappa shape index (κ2) is 7.73. The first-order chi connectivity index (χ1) is 8.93. The molecule has 1 nitrogen and oxygen atoms in total. The molecule has 1 rings (SSSR count). The number of halogens is 4. The average molecular weight is 342 g/mol.